The Hall–Kier alpha value is -2.14. The lowest BCUT2D eigenvalue weighted by atomic mass is 10.1. The molecule has 23 heavy (non-hydrogen) atoms. The minimum Gasteiger partial charge on any atom is -0.481 e. The molecule has 0 aliphatic heterocycles. The topological polar surface area (TPSA) is 58.4 Å². The van der Waals surface area contributed by atoms with Crippen LogP contribution in [0.4, 0.5) is 0 Å². The Morgan fingerprint density at radius 3 is 2.78 bits per heavy atom. The lowest BCUT2D eigenvalue weighted by Crippen LogP contribution is -2.28. The number of hydrogen-bond donors (Lipinski definition) is 1. The molecule has 0 saturated carbocycles. The van der Waals surface area contributed by atoms with Gasteiger partial charge in [0.1, 0.15) is 0 Å². The highest BCUT2D eigenvalue weighted by Crippen LogP contribution is 2.28. The summed E-state index contributed by atoms with van der Waals surface area (Å²) in [4.78, 5) is 13.1. The van der Waals surface area contributed by atoms with Crippen molar-refractivity contribution in [1.82, 2.24) is 14.7 Å². The molecule has 0 fully saturated rings. The van der Waals surface area contributed by atoms with E-state index in [1.807, 2.05) is 25.2 Å². The standard InChI is InChI=1S/C18H23N3O2/c1-13(18(22)23)11-20(2)12-16-15-9-6-10-17(15)21(19-16)14-7-4-3-5-8-14/h3-5,7-8,13H,6,9-12H2,1-2H3,(H,22,23). The van der Waals surface area contributed by atoms with Gasteiger partial charge in [-0.15, -0.1) is 0 Å². The zero-order valence-electron chi connectivity index (χ0n) is 13.7. The van der Waals surface area contributed by atoms with Crippen LogP contribution in [0, 0.1) is 5.92 Å². The molecule has 0 amide bonds. The molecular weight excluding hydrogens is 290 g/mol. The van der Waals surface area contributed by atoms with Gasteiger partial charge < -0.3 is 5.11 Å². The minimum atomic E-state index is -0.753. The molecule has 1 aliphatic rings. The van der Waals surface area contributed by atoms with E-state index >= 15 is 0 Å². The van der Waals surface area contributed by atoms with Crippen LogP contribution in [0.15, 0.2) is 30.3 Å². The van der Waals surface area contributed by atoms with Gasteiger partial charge in [0.2, 0.25) is 0 Å². The molecule has 1 atom stereocenters. The van der Waals surface area contributed by atoms with Gasteiger partial charge in [0.25, 0.3) is 0 Å². The fourth-order valence-corrected chi connectivity index (χ4v) is 3.29. The maximum absolute atomic E-state index is 11.0. The molecule has 5 heteroatoms. The molecule has 1 aliphatic carbocycles. The molecule has 1 N–H and O–H groups in total. The molecule has 1 heterocycles. The average molecular weight is 313 g/mol. The highest BCUT2D eigenvalue weighted by molar-refractivity contribution is 5.69. The Morgan fingerprint density at radius 1 is 1.35 bits per heavy atom. The van der Waals surface area contributed by atoms with Crippen LogP contribution in [0.2, 0.25) is 0 Å². The predicted molar refractivity (Wildman–Crippen MR) is 88.7 cm³/mol. The molecular formula is C18H23N3O2. The van der Waals surface area contributed by atoms with Crippen LogP contribution >= 0.6 is 0 Å². The Labute approximate surface area is 136 Å². The van der Waals surface area contributed by atoms with Gasteiger partial charge in [-0.05, 0) is 44.0 Å². The van der Waals surface area contributed by atoms with Crippen LogP contribution in [0.5, 0.6) is 0 Å². The van der Waals surface area contributed by atoms with Crippen molar-refractivity contribution >= 4 is 5.97 Å². The largest absolute Gasteiger partial charge is 0.481 e. The van der Waals surface area contributed by atoms with Crippen molar-refractivity contribution < 1.29 is 9.90 Å². The lowest BCUT2D eigenvalue weighted by Gasteiger charge is -2.18. The maximum Gasteiger partial charge on any atom is 0.307 e. The molecule has 0 spiro atoms. The summed E-state index contributed by atoms with van der Waals surface area (Å²) in [6.07, 6.45) is 3.30. The van der Waals surface area contributed by atoms with Crippen LogP contribution in [0.1, 0.15) is 30.3 Å². The van der Waals surface area contributed by atoms with Crippen molar-refractivity contribution in [3.63, 3.8) is 0 Å². The average Bonchev–Trinajstić information content (AvgIpc) is 3.12. The number of nitrogens with zero attached hydrogens (tertiary/aromatic N) is 3. The fraction of sp³-hybridized carbons (Fsp3) is 0.444. The summed E-state index contributed by atoms with van der Waals surface area (Å²) >= 11 is 0. The number of carboxylic acids is 1. The van der Waals surface area contributed by atoms with Crippen LogP contribution in [0.25, 0.3) is 5.69 Å². The molecule has 0 radical (unpaired) electrons. The summed E-state index contributed by atoms with van der Waals surface area (Å²) in [6, 6.07) is 10.2. The molecule has 5 nitrogen and oxygen atoms in total. The second-order valence-corrected chi connectivity index (χ2v) is 6.41. The van der Waals surface area contributed by atoms with E-state index in [0.29, 0.717) is 13.1 Å². The lowest BCUT2D eigenvalue weighted by molar-refractivity contribution is -0.141. The van der Waals surface area contributed by atoms with E-state index in [2.05, 4.69) is 21.7 Å². The zero-order valence-corrected chi connectivity index (χ0v) is 13.7. The number of aromatic nitrogens is 2. The smallest absolute Gasteiger partial charge is 0.307 e. The predicted octanol–water partition coefficient (Wildman–Crippen LogP) is 2.51. The van der Waals surface area contributed by atoms with Crippen LogP contribution in [0.3, 0.4) is 0 Å². The van der Waals surface area contributed by atoms with Gasteiger partial charge >= 0.3 is 5.97 Å². The van der Waals surface area contributed by atoms with Gasteiger partial charge in [-0.1, -0.05) is 25.1 Å². The van der Waals surface area contributed by atoms with E-state index in [-0.39, 0.29) is 5.92 Å². The molecule has 3 rings (SSSR count). The summed E-state index contributed by atoms with van der Waals surface area (Å²) in [5, 5.41) is 13.9. The molecule has 0 saturated heterocycles. The highest BCUT2D eigenvalue weighted by atomic mass is 16.4. The summed E-state index contributed by atoms with van der Waals surface area (Å²) in [5.74, 6) is -1.12. The first-order chi connectivity index (χ1) is 11.1. The van der Waals surface area contributed by atoms with Crippen LogP contribution in [-0.2, 0) is 24.2 Å². The van der Waals surface area contributed by atoms with Crippen molar-refractivity contribution in [2.75, 3.05) is 13.6 Å². The molecule has 2 aromatic rings. The van der Waals surface area contributed by atoms with Crippen molar-refractivity contribution in [2.24, 2.45) is 5.92 Å². The normalized spacial score (nSPS) is 14.9. The number of fused-ring (bicyclic) bond motifs is 1. The summed E-state index contributed by atoms with van der Waals surface area (Å²) in [7, 11) is 1.96. The Bertz CT molecular complexity index is 694. The number of rotatable bonds is 6. The second-order valence-electron chi connectivity index (χ2n) is 6.41. The molecule has 1 aromatic carbocycles. The number of carboxylic acid groups (broad SMARTS) is 1. The van der Waals surface area contributed by atoms with Gasteiger partial charge in [0, 0.05) is 18.8 Å². The van der Waals surface area contributed by atoms with Crippen molar-refractivity contribution in [3.8, 4) is 5.69 Å². The SMILES string of the molecule is CC(CN(C)Cc1nn(-c2ccccc2)c2c1CCC2)C(=O)O. The first-order valence-corrected chi connectivity index (χ1v) is 8.12. The van der Waals surface area contributed by atoms with Gasteiger partial charge in [0.15, 0.2) is 0 Å². The highest BCUT2D eigenvalue weighted by Gasteiger charge is 2.24. The second kappa shape index (κ2) is 6.54. The number of carbonyl (C=O) groups is 1. The van der Waals surface area contributed by atoms with E-state index in [1.165, 1.54) is 17.7 Å². The molecule has 1 unspecified atom stereocenters. The number of para-hydroxylation sites is 1. The first kappa shape index (κ1) is 15.7. The number of aliphatic carboxylic acids is 1. The van der Waals surface area contributed by atoms with Gasteiger partial charge in [0.05, 0.1) is 17.3 Å². The molecule has 0 bridgehead atoms. The number of benzene rings is 1. The summed E-state index contributed by atoms with van der Waals surface area (Å²) < 4.78 is 2.06. The first-order valence-electron chi connectivity index (χ1n) is 8.12. The van der Waals surface area contributed by atoms with E-state index < -0.39 is 5.97 Å². The third kappa shape index (κ3) is 3.29. The maximum atomic E-state index is 11.0. The third-order valence-corrected chi connectivity index (χ3v) is 4.44. The van der Waals surface area contributed by atoms with Gasteiger partial charge in [-0.25, -0.2) is 4.68 Å². The quantitative estimate of drug-likeness (QED) is 0.890. The van der Waals surface area contributed by atoms with E-state index in [0.717, 1.165) is 24.2 Å². The van der Waals surface area contributed by atoms with Crippen LogP contribution < -0.4 is 0 Å². The van der Waals surface area contributed by atoms with Gasteiger partial charge in [-0.3, -0.25) is 9.69 Å². The Balaban J connectivity index is 1.82. The van der Waals surface area contributed by atoms with Crippen molar-refractivity contribution in [1.29, 1.82) is 0 Å². The van der Waals surface area contributed by atoms with E-state index in [1.54, 1.807) is 6.92 Å². The van der Waals surface area contributed by atoms with Crippen molar-refractivity contribution in [3.05, 3.63) is 47.3 Å². The Kier molecular flexibility index (Phi) is 4.48. The third-order valence-electron chi connectivity index (χ3n) is 4.44. The van der Waals surface area contributed by atoms with Crippen molar-refractivity contribution in [2.45, 2.75) is 32.7 Å². The summed E-state index contributed by atoms with van der Waals surface area (Å²) in [5.41, 5.74) is 4.84. The molecule has 122 valence electrons. The van der Waals surface area contributed by atoms with Gasteiger partial charge in [-0.2, -0.15) is 5.10 Å². The van der Waals surface area contributed by atoms with Crippen LogP contribution in [-0.4, -0.2) is 39.3 Å². The summed E-state index contributed by atoms with van der Waals surface area (Å²) in [6.45, 7) is 2.97. The van der Waals surface area contributed by atoms with E-state index in [9.17, 15) is 4.79 Å². The zero-order chi connectivity index (χ0) is 16.4. The monoisotopic (exact) mass is 313 g/mol. The van der Waals surface area contributed by atoms with E-state index in [4.69, 9.17) is 10.2 Å². The molecule has 1 aromatic heterocycles. The fourth-order valence-electron chi connectivity index (χ4n) is 3.29. The Morgan fingerprint density at radius 2 is 2.09 bits per heavy atom. The minimum absolute atomic E-state index is 0.371. The number of hydrogen-bond acceptors (Lipinski definition) is 3.